The minimum atomic E-state index is -0.199. The van der Waals surface area contributed by atoms with Gasteiger partial charge in [0.2, 0.25) is 0 Å². The van der Waals surface area contributed by atoms with Crippen molar-refractivity contribution in [3.8, 4) is 0 Å². The SMILES string of the molecule is Cc1c(C(=O)NC[C@H](c2cccs2)N2CCOCC2)oc2ccc(Cl)cc12. The summed E-state index contributed by atoms with van der Waals surface area (Å²) >= 11 is 7.78. The summed E-state index contributed by atoms with van der Waals surface area (Å²) in [6.45, 7) is 5.58. The molecule has 1 N–H and O–H groups in total. The van der Waals surface area contributed by atoms with Gasteiger partial charge in [0.15, 0.2) is 5.76 Å². The number of ether oxygens (including phenoxy) is 1. The highest BCUT2D eigenvalue weighted by Crippen LogP contribution is 2.29. The Bertz CT molecular complexity index is 932. The molecule has 0 spiro atoms. The molecule has 3 heterocycles. The van der Waals surface area contributed by atoms with Gasteiger partial charge in [-0.25, -0.2) is 0 Å². The fourth-order valence-corrected chi connectivity index (χ4v) is 4.49. The van der Waals surface area contributed by atoms with Crippen LogP contribution >= 0.6 is 22.9 Å². The first-order valence-electron chi connectivity index (χ1n) is 8.95. The maximum atomic E-state index is 12.8. The maximum absolute atomic E-state index is 12.8. The van der Waals surface area contributed by atoms with Crippen molar-refractivity contribution >= 4 is 39.8 Å². The van der Waals surface area contributed by atoms with Crippen molar-refractivity contribution in [1.29, 1.82) is 0 Å². The number of carbonyl (C=O) groups is 1. The molecule has 0 radical (unpaired) electrons. The number of halogens is 1. The third-order valence-corrected chi connectivity index (χ3v) is 6.13. The van der Waals surface area contributed by atoms with E-state index in [0.717, 1.165) is 37.3 Å². The number of hydrogen-bond acceptors (Lipinski definition) is 5. The molecule has 0 unspecified atom stereocenters. The Morgan fingerprint density at radius 1 is 1.33 bits per heavy atom. The Morgan fingerprint density at radius 3 is 2.89 bits per heavy atom. The first kappa shape index (κ1) is 18.5. The Labute approximate surface area is 166 Å². The fourth-order valence-electron chi connectivity index (χ4n) is 3.46. The molecule has 2 aromatic heterocycles. The zero-order valence-corrected chi connectivity index (χ0v) is 16.6. The number of nitrogens with one attached hydrogen (secondary N) is 1. The van der Waals surface area contributed by atoms with Crippen molar-refractivity contribution in [3.63, 3.8) is 0 Å². The van der Waals surface area contributed by atoms with Gasteiger partial charge in [0.25, 0.3) is 5.91 Å². The van der Waals surface area contributed by atoms with Gasteiger partial charge >= 0.3 is 0 Å². The second kappa shape index (κ2) is 8.02. The number of amides is 1. The van der Waals surface area contributed by atoms with E-state index in [2.05, 4.69) is 21.7 Å². The molecule has 1 aliphatic rings. The molecule has 1 atom stereocenters. The molecule has 4 rings (SSSR count). The topological polar surface area (TPSA) is 54.7 Å². The van der Waals surface area contributed by atoms with Crippen molar-refractivity contribution in [2.75, 3.05) is 32.8 Å². The lowest BCUT2D eigenvalue weighted by molar-refractivity contribution is 0.0168. The molecule has 142 valence electrons. The number of furan rings is 1. The number of aryl methyl sites for hydroxylation is 1. The maximum Gasteiger partial charge on any atom is 0.287 e. The highest BCUT2D eigenvalue weighted by molar-refractivity contribution is 7.10. The van der Waals surface area contributed by atoms with E-state index in [-0.39, 0.29) is 11.9 Å². The molecular weight excluding hydrogens is 384 g/mol. The monoisotopic (exact) mass is 404 g/mol. The van der Waals surface area contributed by atoms with Gasteiger partial charge in [-0.2, -0.15) is 0 Å². The van der Waals surface area contributed by atoms with Crippen LogP contribution in [-0.4, -0.2) is 43.7 Å². The predicted molar refractivity (Wildman–Crippen MR) is 108 cm³/mol. The lowest BCUT2D eigenvalue weighted by atomic mass is 10.1. The molecule has 0 bridgehead atoms. The van der Waals surface area contributed by atoms with Gasteiger partial charge in [-0.05, 0) is 36.6 Å². The average Bonchev–Trinajstić information content (AvgIpc) is 3.32. The number of benzene rings is 1. The van der Waals surface area contributed by atoms with Gasteiger partial charge in [-0.1, -0.05) is 17.7 Å². The lowest BCUT2D eigenvalue weighted by Crippen LogP contribution is -2.43. The van der Waals surface area contributed by atoms with Crippen LogP contribution in [0.2, 0.25) is 5.02 Å². The zero-order chi connectivity index (χ0) is 18.8. The van der Waals surface area contributed by atoms with E-state index in [4.69, 9.17) is 20.8 Å². The number of fused-ring (bicyclic) bond motifs is 1. The minimum absolute atomic E-state index is 0.136. The normalized spacial score (nSPS) is 16.5. The zero-order valence-electron chi connectivity index (χ0n) is 15.0. The van der Waals surface area contributed by atoms with E-state index < -0.39 is 0 Å². The first-order valence-corrected chi connectivity index (χ1v) is 10.2. The lowest BCUT2D eigenvalue weighted by Gasteiger charge is -2.34. The smallest absolute Gasteiger partial charge is 0.287 e. The number of rotatable bonds is 5. The van der Waals surface area contributed by atoms with Gasteiger partial charge in [-0.3, -0.25) is 9.69 Å². The van der Waals surface area contributed by atoms with Gasteiger partial charge < -0.3 is 14.5 Å². The highest BCUT2D eigenvalue weighted by Gasteiger charge is 2.25. The molecule has 0 saturated carbocycles. The molecule has 1 aliphatic heterocycles. The van der Waals surface area contributed by atoms with Crippen LogP contribution in [0.3, 0.4) is 0 Å². The van der Waals surface area contributed by atoms with Crippen LogP contribution in [0, 0.1) is 6.92 Å². The van der Waals surface area contributed by atoms with E-state index in [1.54, 1.807) is 23.5 Å². The second-order valence-electron chi connectivity index (χ2n) is 6.59. The molecule has 7 heteroatoms. The molecule has 5 nitrogen and oxygen atoms in total. The number of hydrogen-bond donors (Lipinski definition) is 1. The minimum Gasteiger partial charge on any atom is -0.451 e. The van der Waals surface area contributed by atoms with Crippen LogP contribution in [0.15, 0.2) is 40.1 Å². The number of carbonyl (C=O) groups excluding carboxylic acids is 1. The Morgan fingerprint density at radius 2 is 2.15 bits per heavy atom. The summed E-state index contributed by atoms with van der Waals surface area (Å²) in [6, 6.07) is 9.68. The molecule has 1 fully saturated rings. The van der Waals surface area contributed by atoms with Crippen LogP contribution in [0.5, 0.6) is 0 Å². The molecule has 0 aliphatic carbocycles. The van der Waals surface area contributed by atoms with Gasteiger partial charge in [0.05, 0.1) is 19.3 Å². The van der Waals surface area contributed by atoms with Gasteiger partial charge in [0.1, 0.15) is 5.58 Å². The van der Waals surface area contributed by atoms with Gasteiger partial charge in [-0.15, -0.1) is 11.3 Å². The van der Waals surface area contributed by atoms with Crippen LogP contribution in [0.1, 0.15) is 27.0 Å². The summed E-state index contributed by atoms with van der Waals surface area (Å²) in [5.74, 6) is 0.147. The molecule has 3 aromatic rings. The van der Waals surface area contributed by atoms with E-state index in [1.807, 2.05) is 19.1 Å². The second-order valence-corrected chi connectivity index (χ2v) is 8.00. The Kier molecular flexibility index (Phi) is 5.50. The quantitative estimate of drug-likeness (QED) is 0.690. The summed E-state index contributed by atoms with van der Waals surface area (Å²) in [7, 11) is 0. The van der Waals surface area contributed by atoms with E-state index >= 15 is 0 Å². The van der Waals surface area contributed by atoms with Crippen molar-refractivity contribution < 1.29 is 13.9 Å². The molecular formula is C20H21ClN2O3S. The van der Waals surface area contributed by atoms with Crippen LogP contribution in [0.25, 0.3) is 11.0 Å². The summed E-state index contributed by atoms with van der Waals surface area (Å²) in [6.07, 6.45) is 0. The Hall–Kier alpha value is -1.86. The molecule has 1 aromatic carbocycles. The largest absolute Gasteiger partial charge is 0.451 e. The van der Waals surface area contributed by atoms with Crippen molar-refractivity contribution in [2.45, 2.75) is 13.0 Å². The summed E-state index contributed by atoms with van der Waals surface area (Å²) in [4.78, 5) is 16.4. The number of nitrogens with zero attached hydrogens (tertiary/aromatic N) is 1. The van der Waals surface area contributed by atoms with Crippen molar-refractivity contribution in [1.82, 2.24) is 10.2 Å². The fraction of sp³-hybridized carbons (Fsp3) is 0.350. The predicted octanol–water partition coefficient (Wildman–Crippen LogP) is 4.26. The van der Waals surface area contributed by atoms with Crippen LogP contribution < -0.4 is 5.32 Å². The van der Waals surface area contributed by atoms with Crippen LogP contribution in [-0.2, 0) is 4.74 Å². The first-order chi connectivity index (χ1) is 13.1. The average molecular weight is 405 g/mol. The van der Waals surface area contributed by atoms with E-state index in [9.17, 15) is 4.79 Å². The molecule has 1 amide bonds. The van der Waals surface area contributed by atoms with Gasteiger partial charge in [0, 0.05) is 40.5 Å². The van der Waals surface area contributed by atoms with Crippen LogP contribution in [0.4, 0.5) is 0 Å². The summed E-state index contributed by atoms with van der Waals surface area (Å²) in [5, 5.41) is 6.63. The van der Waals surface area contributed by atoms with Crippen molar-refractivity contribution in [2.24, 2.45) is 0 Å². The standard InChI is InChI=1S/C20H21ClN2O3S/c1-13-15-11-14(21)4-5-17(15)26-19(13)20(24)22-12-16(18-3-2-10-27-18)23-6-8-25-9-7-23/h2-5,10-11,16H,6-9,12H2,1H3,(H,22,24)/t16-/m1/s1. The number of thiophene rings is 1. The van der Waals surface area contributed by atoms with E-state index in [0.29, 0.717) is 22.9 Å². The summed E-state index contributed by atoms with van der Waals surface area (Å²) in [5.41, 5.74) is 1.48. The third-order valence-electron chi connectivity index (χ3n) is 4.92. The summed E-state index contributed by atoms with van der Waals surface area (Å²) < 4.78 is 11.3. The van der Waals surface area contributed by atoms with Crippen molar-refractivity contribution in [3.05, 3.63) is 56.9 Å². The highest BCUT2D eigenvalue weighted by atomic mass is 35.5. The third kappa shape index (κ3) is 3.89. The molecule has 27 heavy (non-hydrogen) atoms. The Balaban J connectivity index is 1.52. The number of morpholine rings is 1. The molecule has 1 saturated heterocycles. The van der Waals surface area contributed by atoms with E-state index in [1.165, 1.54) is 4.88 Å².